The average Bonchev–Trinajstić information content (AvgIpc) is 3.00. The van der Waals surface area contributed by atoms with Gasteiger partial charge in [0.2, 0.25) is 0 Å². The molecule has 3 heterocycles. The number of benzene rings is 2. The topological polar surface area (TPSA) is 73.8 Å². The van der Waals surface area contributed by atoms with Crippen LogP contribution in [0.15, 0.2) is 55.0 Å². The van der Waals surface area contributed by atoms with Gasteiger partial charge in [0.25, 0.3) is 0 Å². The van der Waals surface area contributed by atoms with Crippen LogP contribution in [0.3, 0.4) is 0 Å². The van der Waals surface area contributed by atoms with Gasteiger partial charge in [-0.15, -0.1) is 0 Å². The number of phenols is 1. The molecule has 2 aromatic carbocycles. The monoisotopic (exact) mass is 328 g/mol. The van der Waals surface area contributed by atoms with Gasteiger partial charge in [0.15, 0.2) is 0 Å². The Morgan fingerprint density at radius 2 is 1.96 bits per heavy atom. The zero-order valence-corrected chi connectivity index (χ0v) is 13.6. The third-order valence-electron chi connectivity index (χ3n) is 4.85. The van der Waals surface area contributed by atoms with Crippen molar-refractivity contribution in [3.05, 3.63) is 71.7 Å². The lowest BCUT2D eigenvalue weighted by atomic mass is 9.97. The van der Waals surface area contributed by atoms with Crippen LogP contribution in [0.5, 0.6) is 5.75 Å². The second-order valence-electron chi connectivity index (χ2n) is 6.36. The van der Waals surface area contributed by atoms with Crippen LogP contribution in [0.4, 0.5) is 5.69 Å². The van der Waals surface area contributed by atoms with Crippen molar-refractivity contribution in [2.24, 2.45) is 0 Å². The third kappa shape index (κ3) is 2.02. The molecule has 0 spiro atoms. The van der Waals surface area contributed by atoms with Gasteiger partial charge < -0.3 is 15.4 Å². The fourth-order valence-corrected chi connectivity index (χ4v) is 3.59. The van der Waals surface area contributed by atoms with Crippen molar-refractivity contribution in [2.75, 3.05) is 5.32 Å². The van der Waals surface area contributed by atoms with Crippen LogP contribution in [-0.2, 0) is 0 Å². The molecule has 0 aliphatic carbocycles. The molecule has 5 nitrogen and oxygen atoms in total. The summed E-state index contributed by atoms with van der Waals surface area (Å²) in [7, 11) is 0. The number of hydrogen-bond acceptors (Lipinski definition) is 4. The number of H-pyrrole nitrogens is 1. The predicted octanol–water partition coefficient (Wildman–Crippen LogP) is 4.15. The molecule has 122 valence electrons. The first-order chi connectivity index (χ1) is 12.2. The van der Waals surface area contributed by atoms with E-state index in [-0.39, 0.29) is 6.04 Å². The zero-order valence-electron chi connectivity index (χ0n) is 13.6. The number of fused-ring (bicyclic) bond motifs is 2. The molecule has 25 heavy (non-hydrogen) atoms. The zero-order chi connectivity index (χ0) is 17.0. The number of hydrogen-bond donors (Lipinski definition) is 3. The second kappa shape index (κ2) is 5.08. The number of para-hydroxylation sites is 1. The number of aromatic nitrogens is 3. The van der Waals surface area contributed by atoms with Crippen LogP contribution in [0, 0.1) is 6.92 Å². The highest BCUT2D eigenvalue weighted by Crippen LogP contribution is 2.42. The molecule has 5 heteroatoms. The van der Waals surface area contributed by atoms with Crippen molar-refractivity contribution in [3.8, 4) is 17.0 Å². The van der Waals surface area contributed by atoms with Crippen LogP contribution >= 0.6 is 0 Å². The summed E-state index contributed by atoms with van der Waals surface area (Å²) >= 11 is 0. The summed E-state index contributed by atoms with van der Waals surface area (Å²) in [5.41, 5.74) is 6.91. The van der Waals surface area contributed by atoms with Crippen LogP contribution in [0.1, 0.15) is 22.7 Å². The quantitative estimate of drug-likeness (QED) is 0.491. The first kappa shape index (κ1) is 14.0. The minimum atomic E-state index is -0.0542. The highest BCUT2D eigenvalue weighted by molar-refractivity contribution is 5.99. The van der Waals surface area contributed by atoms with Gasteiger partial charge in [-0.2, -0.15) is 0 Å². The van der Waals surface area contributed by atoms with E-state index in [4.69, 9.17) is 0 Å². The lowest BCUT2D eigenvalue weighted by Gasteiger charge is -2.20. The first-order valence-corrected chi connectivity index (χ1v) is 8.20. The van der Waals surface area contributed by atoms with Crippen LogP contribution < -0.4 is 5.32 Å². The van der Waals surface area contributed by atoms with E-state index in [0.717, 1.165) is 44.7 Å². The number of aryl methyl sites for hydroxylation is 1. The standard InChI is InChI=1S/C20H16N4O/c1-11-8-12(6-7-16(11)25)18-14-9-21-20-17(14)19(22-10-23-20)13-4-2-3-5-15(13)24-18/h2-10,18,24-25H,1H3,(H,21,22,23). The number of nitrogens with zero attached hydrogens (tertiary/aromatic N) is 2. The van der Waals surface area contributed by atoms with Gasteiger partial charge in [-0.1, -0.05) is 24.3 Å². The largest absolute Gasteiger partial charge is 0.508 e. The number of anilines is 1. The Balaban J connectivity index is 1.83. The molecule has 0 saturated heterocycles. The van der Waals surface area contributed by atoms with Crippen molar-refractivity contribution >= 4 is 16.7 Å². The van der Waals surface area contributed by atoms with Crippen LogP contribution in [0.25, 0.3) is 22.3 Å². The van der Waals surface area contributed by atoms with E-state index in [1.165, 1.54) is 0 Å². The molecule has 0 bridgehead atoms. The van der Waals surface area contributed by atoms with Gasteiger partial charge in [-0.05, 0) is 36.2 Å². The van der Waals surface area contributed by atoms with E-state index < -0.39 is 0 Å². The Labute approximate surface area is 144 Å². The summed E-state index contributed by atoms with van der Waals surface area (Å²) in [5.74, 6) is 0.306. The smallest absolute Gasteiger partial charge is 0.141 e. The number of nitrogens with one attached hydrogen (secondary N) is 2. The molecule has 1 aliphatic rings. The Kier molecular flexibility index (Phi) is 2.85. The van der Waals surface area contributed by atoms with Crippen LogP contribution in [-0.4, -0.2) is 20.1 Å². The first-order valence-electron chi connectivity index (χ1n) is 8.20. The Morgan fingerprint density at radius 1 is 1.08 bits per heavy atom. The van der Waals surface area contributed by atoms with E-state index in [1.54, 1.807) is 12.4 Å². The normalized spacial score (nSPS) is 15.5. The average molecular weight is 328 g/mol. The summed E-state index contributed by atoms with van der Waals surface area (Å²) in [4.78, 5) is 12.2. The number of aromatic amines is 1. The van der Waals surface area contributed by atoms with Crippen molar-refractivity contribution in [1.82, 2.24) is 15.0 Å². The molecule has 0 radical (unpaired) electrons. The molecule has 4 aromatic rings. The van der Waals surface area contributed by atoms with Gasteiger partial charge in [0.1, 0.15) is 17.7 Å². The van der Waals surface area contributed by atoms with E-state index >= 15 is 0 Å². The van der Waals surface area contributed by atoms with Crippen molar-refractivity contribution in [3.63, 3.8) is 0 Å². The van der Waals surface area contributed by atoms with E-state index in [9.17, 15) is 5.11 Å². The Hall–Kier alpha value is -3.34. The molecule has 2 aromatic heterocycles. The summed E-state index contributed by atoms with van der Waals surface area (Å²) < 4.78 is 0. The van der Waals surface area contributed by atoms with E-state index in [2.05, 4.69) is 32.4 Å². The summed E-state index contributed by atoms with van der Waals surface area (Å²) in [6.45, 7) is 1.91. The minimum Gasteiger partial charge on any atom is -0.508 e. The van der Waals surface area contributed by atoms with Gasteiger partial charge in [-0.25, -0.2) is 9.97 Å². The molecule has 1 aliphatic heterocycles. The molecule has 0 fully saturated rings. The maximum absolute atomic E-state index is 9.88. The summed E-state index contributed by atoms with van der Waals surface area (Å²) in [5, 5.41) is 14.6. The maximum Gasteiger partial charge on any atom is 0.141 e. The summed E-state index contributed by atoms with van der Waals surface area (Å²) in [6, 6.07) is 13.8. The van der Waals surface area contributed by atoms with Crippen molar-refractivity contribution in [1.29, 1.82) is 0 Å². The maximum atomic E-state index is 9.88. The highest BCUT2D eigenvalue weighted by atomic mass is 16.3. The lowest BCUT2D eigenvalue weighted by molar-refractivity contribution is 0.471. The second-order valence-corrected chi connectivity index (χ2v) is 6.36. The van der Waals surface area contributed by atoms with Gasteiger partial charge in [-0.3, -0.25) is 0 Å². The van der Waals surface area contributed by atoms with Gasteiger partial charge >= 0.3 is 0 Å². The molecule has 5 rings (SSSR count). The van der Waals surface area contributed by atoms with Gasteiger partial charge in [0.05, 0.1) is 17.1 Å². The summed E-state index contributed by atoms with van der Waals surface area (Å²) in [6.07, 6.45) is 3.59. The molecule has 3 N–H and O–H groups in total. The number of rotatable bonds is 1. The Bertz CT molecular complexity index is 1120. The molecule has 1 atom stereocenters. The minimum absolute atomic E-state index is 0.0542. The van der Waals surface area contributed by atoms with Crippen LogP contribution in [0.2, 0.25) is 0 Å². The highest BCUT2D eigenvalue weighted by Gasteiger charge is 2.26. The fourth-order valence-electron chi connectivity index (χ4n) is 3.59. The lowest BCUT2D eigenvalue weighted by Crippen LogP contribution is -2.11. The third-order valence-corrected chi connectivity index (χ3v) is 4.85. The van der Waals surface area contributed by atoms with Crippen molar-refractivity contribution in [2.45, 2.75) is 13.0 Å². The molecule has 0 amide bonds. The van der Waals surface area contributed by atoms with Crippen molar-refractivity contribution < 1.29 is 5.11 Å². The molecular weight excluding hydrogens is 312 g/mol. The molecular formula is C20H16N4O. The number of phenolic OH excluding ortho intramolecular Hbond substituents is 1. The van der Waals surface area contributed by atoms with Gasteiger partial charge in [0, 0.05) is 23.0 Å². The SMILES string of the molecule is Cc1cc(C2Nc3ccccc3-c3ncnc4[nH]cc2c34)ccc1O. The molecule has 1 unspecified atom stereocenters. The fraction of sp³-hybridized carbons (Fsp3) is 0.100. The Morgan fingerprint density at radius 3 is 2.84 bits per heavy atom. The molecule has 0 saturated carbocycles. The van der Waals surface area contributed by atoms with E-state index in [1.807, 2.05) is 37.4 Å². The van der Waals surface area contributed by atoms with E-state index in [0.29, 0.717) is 5.75 Å². The predicted molar refractivity (Wildman–Crippen MR) is 97.6 cm³/mol. The number of aromatic hydroxyl groups is 1.